The van der Waals surface area contributed by atoms with E-state index in [2.05, 4.69) is 21.9 Å². The van der Waals surface area contributed by atoms with E-state index in [-0.39, 0.29) is 17.8 Å². The number of aromatic nitrogens is 4. The van der Waals surface area contributed by atoms with Crippen LogP contribution in [0.5, 0.6) is 0 Å². The minimum absolute atomic E-state index is 0.0236. The molecule has 1 aromatic carbocycles. The van der Waals surface area contributed by atoms with E-state index in [9.17, 15) is 14.0 Å². The number of likely N-dealkylation sites (tertiary alicyclic amines) is 1. The highest BCUT2D eigenvalue weighted by molar-refractivity contribution is 6.05. The number of nitrogens with one attached hydrogen (secondary N) is 1. The maximum absolute atomic E-state index is 13.4. The Balaban J connectivity index is 1.46. The third kappa shape index (κ3) is 4.40. The van der Waals surface area contributed by atoms with Gasteiger partial charge in [-0.15, -0.1) is 0 Å². The van der Waals surface area contributed by atoms with Crippen molar-refractivity contribution in [2.24, 2.45) is 0 Å². The zero-order valence-electron chi connectivity index (χ0n) is 19.4. The second-order valence-electron chi connectivity index (χ2n) is 8.56. The first-order chi connectivity index (χ1) is 17.4. The zero-order valence-corrected chi connectivity index (χ0v) is 19.4. The van der Waals surface area contributed by atoms with E-state index in [0.717, 1.165) is 30.0 Å². The molecule has 182 valence electrons. The van der Waals surface area contributed by atoms with Gasteiger partial charge in [-0.3, -0.25) is 14.3 Å². The topological polar surface area (TPSA) is 119 Å². The van der Waals surface area contributed by atoms with Crippen molar-refractivity contribution < 1.29 is 14.0 Å². The Morgan fingerprint density at radius 3 is 2.67 bits per heavy atom. The summed E-state index contributed by atoms with van der Waals surface area (Å²) in [5, 5.41) is 8.19. The lowest BCUT2D eigenvalue weighted by Crippen LogP contribution is -2.40. The number of hydrogen-bond acceptors (Lipinski definition) is 6. The largest absolute Gasteiger partial charge is 0.383 e. The van der Waals surface area contributed by atoms with Crippen molar-refractivity contribution in [3.63, 3.8) is 0 Å². The van der Waals surface area contributed by atoms with E-state index in [4.69, 9.17) is 10.8 Å². The Kier molecular flexibility index (Phi) is 6.16. The molecular weight excluding hydrogens is 461 g/mol. The van der Waals surface area contributed by atoms with Crippen molar-refractivity contribution in [2.75, 3.05) is 24.1 Å². The lowest BCUT2D eigenvalue weighted by molar-refractivity contribution is -0.127. The smallest absolute Gasteiger partial charge is 0.256 e. The molecule has 3 N–H and O–H groups in total. The van der Waals surface area contributed by atoms with Gasteiger partial charge in [0.1, 0.15) is 23.1 Å². The summed E-state index contributed by atoms with van der Waals surface area (Å²) in [6.45, 7) is 4.81. The maximum atomic E-state index is 13.4. The number of nitrogens with zero attached hydrogens (tertiary/aromatic N) is 5. The molecule has 4 heterocycles. The Hall–Kier alpha value is -4.60. The highest BCUT2D eigenvalue weighted by Crippen LogP contribution is 2.34. The van der Waals surface area contributed by atoms with Gasteiger partial charge in [-0.05, 0) is 43.2 Å². The number of amides is 2. The molecule has 4 aromatic rings. The minimum Gasteiger partial charge on any atom is -0.383 e. The number of hydrogen-bond donors (Lipinski definition) is 2. The summed E-state index contributed by atoms with van der Waals surface area (Å²) in [4.78, 5) is 34.8. The van der Waals surface area contributed by atoms with Crippen LogP contribution >= 0.6 is 0 Å². The number of piperidine rings is 1. The molecular formula is C26H24FN7O2. The summed E-state index contributed by atoms with van der Waals surface area (Å²) >= 11 is 0. The standard InChI is InChI=1S/C26H24FN7O2/c1-2-22(35)33-13-3-4-19(15-33)34-20-10-12-30-25(28)23(20)24(32-34)16-5-7-17(8-6-16)26(36)31-21-14-18(27)9-11-29-21/h2,5-12,14,19H,1,3-4,13,15H2,(H2,28,30)(H,29,31,36). The fraction of sp³-hybridized carbons (Fsp3) is 0.192. The number of pyridine rings is 2. The summed E-state index contributed by atoms with van der Waals surface area (Å²) < 4.78 is 15.3. The van der Waals surface area contributed by atoms with Crippen LogP contribution in [0.25, 0.3) is 22.2 Å². The molecule has 0 saturated carbocycles. The molecule has 9 nitrogen and oxygen atoms in total. The van der Waals surface area contributed by atoms with Gasteiger partial charge >= 0.3 is 0 Å². The van der Waals surface area contributed by atoms with Crippen molar-refractivity contribution in [3.05, 3.63) is 78.9 Å². The molecule has 3 aromatic heterocycles. The lowest BCUT2D eigenvalue weighted by atomic mass is 10.0. The van der Waals surface area contributed by atoms with Crippen LogP contribution in [-0.2, 0) is 4.79 Å². The highest BCUT2D eigenvalue weighted by atomic mass is 19.1. The maximum Gasteiger partial charge on any atom is 0.256 e. The molecule has 1 atom stereocenters. The van der Waals surface area contributed by atoms with Gasteiger partial charge in [0, 0.05) is 42.7 Å². The van der Waals surface area contributed by atoms with E-state index in [1.54, 1.807) is 35.4 Å². The van der Waals surface area contributed by atoms with Crippen LogP contribution in [-0.4, -0.2) is 49.6 Å². The van der Waals surface area contributed by atoms with Crippen molar-refractivity contribution in [2.45, 2.75) is 18.9 Å². The van der Waals surface area contributed by atoms with Crippen LogP contribution in [0.15, 0.2) is 67.5 Å². The van der Waals surface area contributed by atoms with E-state index in [1.165, 1.54) is 18.3 Å². The molecule has 36 heavy (non-hydrogen) atoms. The molecule has 5 rings (SSSR count). The molecule has 1 aliphatic heterocycles. The molecule has 2 amide bonds. The van der Waals surface area contributed by atoms with Gasteiger partial charge in [-0.1, -0.05) is 18.7 Å². The molecule has 0 radical (unpaired) electrons. The van der Waals surface area contributed by atoms with Gasteiger partial charge in [0.15, 0.2) is 0 Å². The Labute approximate surface area is 206 Å². The normalized spacial score (nSPS) is 15.6. The second kappa shape index (κ2) is 9.57. The minimum atomic E-state index is -0.487. The molecule has 0 aliphatic carbocycles. The van der Waals surface area contributed by atoms with E-state index in [0.29, 0.717) is 35.6 Å². The molecule has 10 heteroatoms. The van der Waals surface area contributed by atoms with Crippen molar-refractivity contribution in [1.29, 1.82) is 0 Å². The number of fused-ring (bicyclic) bond motifs is 1. The van der Waals surface area contributed by atoms with Crippen molar-refractivity contribution in [1.82, 2.24) is 24.6 Å². The Morgan fingerprint density at radius 2 is 1.92 bits per heavy atom. The van der Waals surface area contributed by atoms with E-state index < -0.39 is 11.7 Å². The van der Waals surface area contributed by atoms with Gasteiger partial charge in [0.2, 0.25) is 5.91 Å². The molecule has 0 spiro atoms. The molecule has 1 fully saturated rings. The second-order valence-corrected chi connectivity index (χ2v) is 8.56. The van der Waals surface area contributed by atoms with Crippen LogP contribution in [0.1, 0.15) is 29.2 Å². The number of rotatable bonds is 5. The molecule has 0 bridgehead atoms. The number of carbonyl (C=O) groups is 2. The number of halogens is 1. The first kappa shape index (κ1) is 23.2. The SMILES string of the molecule is C=CC(=O)N1CCCC(n2nc(-c3ccc(C(=O)Nc4cc(F)ccn4)cc3)c3c(N)nccc32)C1. The predicted octanol–water partition coefficient (Wildman–Crippen LogP) is 3.82. The zero-order chi connectivity index (χ0) is 25.2. The summed E-state index contributed by atoms with van der Waals surface area (Å²) in [5.41, 5.74) is 8.87. The van der Waals surface area contributed by atoms with E-state index >= 15 is 0 Å². The third-order valence-corrected chi connectivity index (χ3v) is 6.26. The summed E-state index contributed by atoms with van der Waals surface area (Å²) in [7, 11) is 0. The van der Waals surface area contributed by atoms with Crippen LogP contribution in [0.2, 0.25) is 0 Å². The lowest BCUT2D eigenvalue weighted by Gasteiger charge is -2.32. The van der Waals surface area contributed by atoms with Gasteiger partial charge < -0.3 is 16.0 Å². The van der Waals surface area contributed by atoms with Gasteiger partial charge in [0.05, 0.1) is 16.9 Å². The number of anilines is 2. The van der Waals surface area contributed by atoms with Gasteiger partial charge in [-0.2, -0.15) is 5.10 Å². The fourth-order valence-electron chi connectivity index (χ4n) is 4.52. The quantitative estimate of drug-likeness (QED) is 0.415. The van der Waals surface area contributed by atoms with Crippen molar-refractivity contribution in [3.8, 4) is 11.3 Å². The fourth-order valence-corrected chi connectivity index (χ4v) is 4.52. The summed E-state index contributed by atoms with van der Waals surface area (Å²) in [6, 6.07) is 11.1. The molecule has 1 unspecified atom stereocenters. The van der Waals surface area contributed by atoms with Crippen LogP contribution in [0.3, 0.4) is 0 Å². The summed E-state index contributed by atoms with van der Waals surface area (Å²) in [5.74, 6) is -0.517. The number of nitrogen functional groups attached to an aromatic ring is 1. The van der Waals surface area contributed by atoms with Crippen LogP contribution in [0.4, 0.5) is 16.0 Å². The van der Waals surface area contributed by atoms with Gasteiger partial charge in [0.25, 0.3) is 5.91 Å². The number of carbonyl (C=O) groups excluding carboxylic acids is 2. The molecule has 1 saturated heterocycles. The average Bonchev–Trinajstić information content (AvgIpc) is 3.29. The van der Waals surface area contributed by atoms with E-state index in [1.807, 2.05) is 10.7 Å². The Morgan fingerprint density at radius 1 is 1.14 bits per heavy atom. The monoisotopic (exact) mass is 485 g/mol. The Bertz CT molecular complexity index is 1470. The number of nitrogens with two attached hydrogens (primary N) is 1. The highest BCUT2D eigenvalue weighted by Gasteiger charge is 2.27. The van der Waals surface area contributed by atoms with Crippen LogP contribution in [0, 0.1) is 5.82 Å². The summed E-state index contributed by atoms with van der Waals surface area (Å²) in [6.07, 6.45) is 5.98. The molecule has 1 aliphatic rings. The first-order valence-corrected chi connectivity index (χ1v) is 11.5. The number of benzene rings is 1. The predicted molar refractivity (Wildman–Crippen MR) is 135 cm³/mol. The third-order valence-electron chi connectivity index (χ3n) is 6.26. The van der Waals surface area contributed by atoms with Crippen molar-refractivity contribution >= 4 is 34.4 Å². The average molecular weight is 486 g/mol. The van der Waals surface area contributed by atoms with Gasteiger partial charge in [-0.25, -0.2) is 14.4 Å². The first-order valence-electron chi connectivity index (χ1n) is 11.5. The van der Waals surface area contributed by atoms with Crippen LogP contribution < -0.4 is 11.1 Å².